The number of nitrogens with zero attached hydrogens (tertiary/aromatic N) is 3. The Morgan fingerprint density at radius 2 is 1.50 bits per heavy atom. The average Bonchev–Trinajstić information content (AvgIpc) is 3.02. The van der Waals surface area contributed by atoms with Gasteiger partial charge in [-0.1, -0.05) is 30.4 Å². The van der Waals surface area contributed by atoms with E-state index in [2.05, 4.69) is 5.32 Å². The van der Waals surface area contributed by atoms with Crippen LogP contribution in [0.5, 0.6) is 5.75 Å². The highest BCUT2D eigenvalue weighted by Gasteiger charge is 2.37. The molecule has 0 aliphatic carbocycles. The number of anilines is 1. The van der Waals surface area contributed by atoms with Gasteiger partial charge in [0.05, 0.1) is 18.2 Å². The van der Waals surface area contributed by atoms with Gasteiger partial charge in [-0.25, -0.2) is 9.18 Å². The molecule has 0 bridgehead atoms. The van der Waals surface area contributed by atoms with Crippen LogP contribution in [0.4, 0.5) is 41.2 Å². The number of rotatable bonds is 9. The molecule has 7 nitrogen and oxygen atoms in total. The van der Waals surface area contributed by atoms with E-state index >= 15 is 0 Å². The Bertz CT molecular complexity index is 1500. The number of piperazine rings is 1. The van der Waals surface area contributed by atoms with Crippen LogP contribution >= 0.6 is 0 Å². The standard InChI is InChI=1S/C32H31F7N4O3/c1-46-28-7-3-2-5-22(28)6-4-12-42(29(44)23-8-10-26(33)11-9-23)16-13-41-14-17-43(18-15-41)30(45)40-27-20-24(31(34,35)36)19-25(21-27)32(37,38)39/h2-11,19-21H,12-18H2,1H3,(H,40,45)/b6-4+. The molecule has 3 amide bonds. The number of benzene rings is 3. The summed E-state index contributed by atoms with van der Waals surface area (Å²) in [6.45, 7) is 1.91. The van der Waals surface area contributed by atoms with Crippen molar-refractivity contribution in [3.8, 4) is 5.75 Å². The minimum Gasteiger partial charge on any atom is -0.496 e. The molecule has 0 spiro atoms. The third-order valence-electron chi connectivity index (χ3n) is 7.33. The molecule has 1 heterocycles. The number of halogens is 7. The Kier molecular flexibility index (Phi) is 10.9. The molecule has 1 aliphatic heterocycles. The Morgan fingerprint density at radius 1 is 0.891 bits per heavy atom. The van der Waals surface area contributed by atoms with E-state index in [0.717, 1.165) is 5.56 Å². The van der Waals surface area contributed by atoms with Gasteiger partial charge in [-0.3, -0.25) is 9.69 Å². The first-order valence-corrected chi connectivity index (χ1v) is 14.2. The van der Waals surface area contributed by atoms with Gasteiger partial charge in [0, 0.05) is 62.6 Å². The highest BCUT2D eigenvalue weighted by molar-refractivity contribution is 5.94. The van der Waals surface area contributed by atoms with Gasteiger partial charge in [-0.2, -0.15) is 26.3 Å². The van der Waals surface area contributed by atoms with Gasteiger partial charge in [0.1, 0.15) is 11.6 Å². The van der Waals surface area contributed by atoms with E-state index < -0.39 is 41.0 Å². The van der Waals surface area contributed by atoms with E-state index in [4.69, 9.17) is 4.74 Å². The fraction of sp³-hybridized carbons (Fsp3) is 0.312. The molecule has 0 atom stereocenters. The number of carbonyl (C=O) groups is 2. The zero-order chi connectivity index (χ0) is 33.5. The Labute approximate surface area is 260 Å². The summed E-state index contributed by atoms with van der Waals surface area (Å²) in [7, 11) is 1.55. The number of hydrogen-bond donors (Lipinski definition) is 1. The number of para-hydroxylation sites is 1. The normalized spacial score (nSPS) is 14.4. The highest BCUT2D eigenvalue weighted by atomic mass is 19.4. The molecule has 46 heavy (non-hydrogen) atoms. The molecule has 0 unspecified atom stereocenters. The summed E-state index contributed by atoms with van der Waals surface area (Å²) < 4.78 is 98.0. The van der Waals surface area contributed by atoms with Crippen molar-refractivity contribution in [2.75, 3.05) is 58.2 Å². The monoisotopic (exact) mass is 652 g/mol. The smallest absolute Gasteiger partial charge is 0.416 e. The van der Waals surface area contributed by atoms with E-state index in [1.165, 1.54) is 29.2 Å². The zero-order valence-electron chi connectivity index (χ0n) is 24.7. The summed E-state index contributed by atoms with van der Waals surface area (Å²) in [5.74, 6) is -0.136. The number of amides is 3. The van der Waals surface area contributed by atoms with Gasteiger partial charge in [0.15, 0.2) is 0 Å². The van der Waals surface area contributed by atoms with Crippen LogP contribution in [0.1, 0.15) is 27.0 Å². The number of methoxy groups -OCH3 is 1. The average molecular weight is 653 g/mol. The van der Waals surface area contributed by atoms with Crippen LogP contribution in [0.25, 0.3) is 6.08 Å². The second kappa shape index (κ2) is 14.7. The number of carbonyl (C=O) groups excluding carboxylic acids is 2. The van der Waals surface area contributed by atoms with Gasteiger partial charge in [0.25, 0.3) is 5.91 Å². The Balaban J connectivity index is 1.37. The molecule has 0 aromatic heterocycles. The van der Waals surface area contributed by atoms with Crippen LogP contribution in [-0.4, -0.2) is 79.6 Å². The lowest BCUT2D eigenvalue weighted by Gasteiger charge is -2.35. The quantitative estimate of drug-likeness (QED) is 0.256. The molecule has 3 aromatic carbocycles. The van der Waals surface area contributed by atoms with Crippen molar-refractivity contribution in [3.63, 3.8) is 0 Å². The van der Waals surface area contributed by atoms with Crippen molar-refractivity contribution in [2.45, 2.75) is 12.4 Å². The third kappa shape index (κ3) is 9.22. The van der Waals surface area contributed by atoms with Gasteiger partial charge in [0.2, 0.25) is 0 Å². The minimum atomic E-state index is -5.04. The summed E-state index contributed by atoms with van der Waals surface area (Å²) in [5, 5.41) is 2.16. The van der Waals surface area contributed by atoms with E-state index in [1.54, 1.807) is 24.2 Å². The molecular weight excluding hydrogens is 621 g/mol. The van der Waals surface area contributed by atoms with Crippen molar-refractivity contribution < 1.29 is 45.1 Å². The van der Waals surface area contributed by atoms with E-state index in [0.29, 0.717) is 43.1 Å². The number of urea groups is 1. The maximum Gasteiger partial charge on any atom is 0.416 e. The second-order valence-corrected chi connectivity index (χ2v) is 10.5. The molecule has 0 saturated carbocycles. The molecule has 246 valence electrons. The highest BCUT2D eigenvalue weighted by Crippen LogP contribution is 2.37. The third-order valence-corrected chi connectivity index (χ3v) is 7.33. The van der Waals surface area contributed by atoms with Crippen LogP contribution in [0, 0.1) is 5.82 Å². The van der Waals surface area contributed by atoms with Crippen LogP contribution in [-0.2, 0) is 12.4 Å². The van der Waals surface area contributed by atoms with Gasteiger partial charge in [-0.05, 0) is 48.5 Å². The molecule has 14 heteroatoms. The van der Waals surface area contributed by atoms with Crippen molar-refractivity contribution in [1.82, 2.24) is 14.7 Å². The number of ether oxygens (including phenoxy) is 1. The number of hydrogen-bond acceptors (Lipinski definition) is 4. The molecule has 1 saturated heterocycles. The molecular formula is C32H31F7N4O3. The Morgan fingerprint density at radius 3 is 2.09 bits per heavy atom. The summed E-state index contributed by atoms with van der Waals surface area (Å²) in [5.41, 5.74) is -2.56. The van der Waals surface area contributed by atoms with Crippen LogP contribution < -0.4 is 10.1 Å². The van der Waals surface area contributed by atoms with Crippen molar-refractivity contribution in [1.29, 1.82) is 0 Å². The van der Waals surface area contributed by atoms with Crippen LogP contribution in [0.2, 0.25) is 0 Å². The Hall–Kier alpha value is -4.59. The maximum absolute atomic E-state index is 13.5. The maximum atomic E-state index is 13.5. The number of alkyl halides is 6. The van der Waals surface area contributed by atoms with Gasteiger partial charge in [-0.15, -0.1) is 0 Å². The molecule has 1 aliphatic rings. The first kappa shape index (κ1) is 34.3. The van der Waals surface area contributed by atoms with Crippen molar-refractivity contribution in [3.05, 3.63) is 101 Å². The van der Waals surface area contributed by atoms with Crippen LogP contribution in [0.3, 0.4) is 0 Å². The summed E-state index contributed by atoms with van der Waals surface area (Å²) >= 11 is 0. The largest absolute Gasteiger partial charge is 0.496 e. The van der Waals surface area contributed by atoms with E-state index in [9.17, 15) is 40.3 Å². The zero-order valence-corrected chi connectivity index (χ0v) is 24.7. The first-order chi connectivity index (χ1) is 21.7. The SMILES string of the molecule is COc1ccccc1/C=C/CN(CCN1CCN(C(=O)Nc2cc(C(F)(F)F)cc(C(F)(F)F)c2)CC1)C(=O)c1ccc(F)cc1. The minimum absolute atomic E-state index is 0.00709. The molecule has 1 fully saturated rings. The molecule has 4 rings (SSSR count). The van der Waals surface area contributed by atoms with Crippen LogP contribution in [0.15, 0.2) is 72.8 Å². The summed E-state index contributed by atoms with van der Waals surface area (Å²) in [4.78, 5) is 30.9. The van der Waals surface area contributed by atoms with Gasteiger partial charge < -0.3 is 19.9 Å². The van der Waals surface area contributed by atoms with Crippen molar-refractivity contribution in [2.24, 2.45) is 0 Å². The molecule has 3 aromatic rings. The predicted octanol–water partition coefficient (Wildman–Crippen LogP) is 6.88. The topological polar surface area (TPSA) is 65.1 Å². The fourth-order valence-electron chi connectivity index (χ4n) is 4.83. The first-order valence-electron chi connectivity index (χ1n) is 14.2. The summed E-state index contributed by atoms with van der Waals surface area (Å²) in [6.07, 6.45) is -6.45. The predicted molar refractivity (Wildman–Crippen MR) is 158 cm³/mol. The lowest BCUT2D eigenvalue weighted by Crippen LogP contribution is -2.51. The molecule has 0 radical (unpaired) electrons. The van der Waals surface area contributed by atoms with Crippen molar-refractivity contribution >= 4 is 23.7 Å². The van der Waals surface area contributed by atoms with E-state index in [1.807, 2.05) is 29.2 Å². The fourth-order valence-corrected chi connectivity index (χ4v) is 4.83. The van der Waals surface area contributed by atoms with E-state index in [-0.39, 0.29) is 38.2 Å². The second-order valence-electron chi connectivity index (χ2n) is 10.5. The number of nitrogens with one attached hydrogen (secondary N) is 1. The van der Waals surface area contributed by atoms with Gasteiger partial charge >= 0.3 is 18.4 Å². The molecule has 1 N–H and O–H groups in total. The summed E-state index contributed by atoms with van der Waals surface area (Å²) in [6, 6.07) is 12.6. The lowest BCUT2D eigenvalue weighted by molar-refractivity contribution is -0.143. The lowest BCUT2D eigenvalue weighted by atomic mass is 10.1.